The average molecular weight is 1230 g/mol. The van der Waals surface area contributed by atoms with E-state index >= 15 is 0 Å². The van der Waals surface area contributed by atoms with Gasteiger partial charge in [-0.3, -0.25) is 37.3 Å². The van der Waals surface area contributed by atoms with E-state index in [0.29, 0.717) is 25.7 Å². The van der Waals surface area contributed by atoms with Crippen LogP contribution >= 0.6 is 15.6 Å². The van der Waals surface area contributed by atoms with E-state index in [9.17, 15) is 43.2 Å². The van der Waals surface area contributed by atoms with Crippen LogP contribution in [0.3, 0.4) is 0 Å². The Balaban J connectivity index is 5.19. The predicted octanol–water partition coefficient (Wildman–Crippen LogP) is 17.8. The Morgan fingerprint density at radius 1 is 0.325 bits per heavy atom. The number of carbonyl (C=O) groups is 4. The van der Waals surface area contributed by atoms with Crippen molar-refractivity contribution in [1.82, 2.24) is 0 Å². The molecule has 0 fully saturated rings. The summed E-state index contributed by atoms with van der Waals surface area (Å²) in [4.78, 5) is 72.1. The number of hydrogen-bond acceptors (Lipinski definition) is 15. The van der Waals surface area contributed by atoms with Crippen LogP contribution in [0, 0.1) is 5.92 Å². The number of unbranched alkanes of at least 4 members (excludes halogenated alkanes) is 36. The van der Waals surface area contributed by atoms with E-state index in [1.807, 2.05) is 0 Å². The van der Waals surface area contributed by atoms with Crippen LogP contribution in [-0.2, 0) is 65.4 Å². The minimum Gasteiger partial charge on any atom is -0.462 e. The maximum atomic E-state index is 13.0. The van der Waals surface area contributed by atoms with Crippen molar-refractivity contribution >= 4 is 39.5 Å². The van der Waals surface area contributed by atoms with Crippen LogP contribution in [0.5, 0.6) is 0 Å². The number of hydrogen-bond donors (Lipinski definition) is 3. The molecule has 19 heteroatoms. The van der Waals surface area contributed by atoms with Gasteiger partial charge in [0.1, 0.15) is 19.3 Å². The smallest absolute Gasteiger partial charge is 0.462 e. The number of rotatable bonds is 64. The second kappa shape index (κ2) is 57.8. The van der Waals surface area contributed by atoms with Gasteiger partial charge in [-0.2, -0.15) is 0 Å². The van der Waals surface area contributed by atoms with E-state index in [-0.39, 0.29) is 25.7 Å². The highest BCUT2D eigenvalue weighted by Gasteiger charge is 2.30. The average Bonchev–Trinajstić information content (AvgIpc) is 3.46. The van der Waals surface area contributed by atoms with Gasteiger partial charge in [0.05, 0.1) is 26.4 Å². The van der Waals surface area contributed by atoms with Crippen molar-refractivity contribution in [2.45, 2.75) is 342 Å². The Labute approximate surface area is 505 Å². The van der Waals surface area contributed by atoms with Crippen LogP contribution < -0.4 is 0 Å². The first-order valence-electron chi connectivity index (χ1n) is 33.6. The van der Waals surface area contributed by atoms with E-state index < -0.39 is 97.5 Å². The molecule has 0 bridgehead atoms. The second-order valence-corrected chi connectivity index (χ2v) is 26.5. The number of aliphatic hydroxyl groups is 1. The molecule has 2 unspecified atom stereocenters. The van der Waals surface area contributed by atoms with Gasteiger partial charge in [0.2, 0.25) is 0 Å². The number of aliphatic hydroxyl groups excluding tert-OH is 1. The minimum atomic E-state index is -4.94. The molecule has 0 rings (SSSR count). The second-order valence-electron chi connectivity index (χ2n) is 23.6. The van der Waals surface area contributed by atoms with Gasteiger partial charge in [-0.1, -0.05) is 272 Å². The van der Waals surface area contributed by atoms with Gasteiger partial charge in [-0.05, 0) is 31.6 Å². The molecule has 0 aromatic rings. The molecule has 3 N–H and O–H groups in total. The summed E-state index contributed by atoms with van der Waals surface area (Å²) in [7, 11) is -9.88. The largest absolute Gasteiger partial charge is 0.472 e. The monoisotopic (exact) mass is 1230 g/mol. The van der Waals surface area contributed by atoms with E-state index in [1.54, 1.807) is 0 Å². The Bertz CT molecular complexity index is 1620. The summed E-state index contributed by atoms with van der Waals surface area (Å²) in [5.74, 6) is -1.41. The first kappa shape index (κ1) is 81.1. The molecule has 0 spiro atoms. The fourth-order valence-electron chi connectivity index (χ4n) is 9.58. The highest BCUT2D eigenvalue weighted by Crippen LogP contribution is 2.45. The van der Waals surface area contributed by atoms with Crippen LogP contribution in [0.1, 0.15) is 324 Å². The SMILES string of the molecule is CCCCCCCCCCCCCCCCCCC(=O)O[C@H](COC(=O)CCCCCCCCCCC(C)C)COP(=O)(O)OC[C@@H](O)COP(=O)(O)OC[C@@H](COC(=O)CCCCCCCCCC)OC(=O)CCCCCCCCCC. The summed E-state index contributed by atoms with van der Waals surface area (Å²) >= 11 is 0. The van der Waals surface area contributed by atoms with Crippen LogP contribution in [0.4, 0.5) is 0 Å². The van der Waals surface area contributed by atoms with Crippen molar-refractivity contribution in [3.05, 3.63) is 0 Å². The molecule has 0 aromatic heterocycles. The summed E-state index contributed by atoms with van der Waals surface area (Å²) < 4.78 is 67.9. The van der Waals surface area contributed by atoms with E-state index in [1.165, 1.54) is 135 Å². The number of phosphoric ester groups is 2. The topological polar surface area (TPSA) is 237 Å². The van der Waals surface area contributed by atoms with Crippen LogP contribution in [0.25, 0.3) is 0 Å². The van der Waals surface area contributed by atoms with Crippen LogP contribution in [0.2, 0.25) is 0 Å². The zero-order chi connectivity index (χ0) is 61.3. The molecular formula is C64H124O17P2. The molecule has 0 aliphatic rings. The van der Waals surface area contributed by atoms with Crippen molar-refractivity contribution in [3.63, 3.8) is 0 Å². The fourth-order valence-corrected chi connectivity index (χ4v) is 11.2. The minimum absolute atomic E-state index is 0.105. The normalized spacial score (nSPS) is 14.2. The lowest BCUT2D eigenvalue weighted by atomic mass is 10.0. The molecule has 17 nitrogen and oxygen atoms in total. The summed E-state index contributed by atoms with van der Waals surface area (Å²) in [5, 5.41) is 10.5. The predicted molar refractivity (Wildman–Crippen MR) is 331 cm³/mol. The third-order valence-corrected chi connectivity index (χ3v) is 16.7. The van der Waals surface area contributed by atoms with Crippen LogP contribution in [-0.4, -0.2) is 96.7 Å². The number of esters is 4. The molecule has 5 atom stereocenters. The van der Waals surface area contributed by atoms with Gasteiger partial charge in [-0.25, -0.2) is 9.13 Å². The van der Waals surface area contributed by atoms with Gasteiger partial charge in [0, 0.05) is 25.7 Å². The molecule has 0 saturated heterocycles. The Morgan fingerprint density at radius 3 is 0.819 bits per heavy atom. The van der Waals surface area contributed by atoms with Gasteiger partial charge >= 0.3 is 39.5 Å². The molecule has 83 heavy (non-hydrogen) atoms. The molecule has 0 saturated carbocycles. The van der Waals surface area contributed by atoms with E-state index in [0.717, 1.165) is 109 Å². The van der Waals surface area contributed by atoms with E-state index in [4.69, 9.17) is 37.0 Å². The molecule has 0 heterocycles. The lowest BCUT2D eigenvalue weighted by Gasteiger charge is -2.21. The van der Waals surface area contributed by atoms with Crippen molar-refractivity contribution in [2.75, 3.05) is 39.6 Å². The maximum Gasteiger partial charge on any atom is 0.472 e. The lowest BCUT2D eigenvalue weighted by Crippen LogP contribution is -2.30. The third-order valence-electron chi connectivity index (χ3n) is 14.8. The summed E-state index contributed by atoms with van der Waals surface area (Å²) in [5.41, 5.74) is 0. The molecular weight excluding hydrogens is 1100 g/mol. The zero-order valence-corrected chi connectivity index (χ0v) is 55.1. The highest BCUT2D eigenvalue weighted by atomic mass is 31.2. The molecule has 492 valence electrons. The molecule has 0 radical (unpaired) electrons. The zero-order valence-electron chi connectivity index (χ0n) is 53.3. The summed E-state index contributed by atoms with van der Waals surface area (Å²) in [6.45, 7) is 7.11. The quantitative estimate of drug-likeness (QED) is 0.0222. The van der Waals surface area contributed by atoms with Gasteiger partial charge in [0.15, 0.2) is 12.2 Å². The first-order valence-corrected chi connectivity index (χ1v) is 36.6. The summed E-state index contributed by atoms with van der Waals surface area (Å²) in [6.07, 6.45) is 41.8. The molecule has 0 aromatic carbocycles. The van der Waals surface area contributed by atoms with Gasteiger partial charge in [0.25, 0.3) is 0 Å². The molecule has 0 aliphatic heterocycles. The Morgan fingerprint density at radius 2 is 0.554 bits per heavy atom. The van der Waals surface area contributed by atoms with Gasteiger partial charge < -0.3 is 33.8 Å². The van der Waals surface area contributed by atoms with Crippen molar-refractivity contribution < 1.29 is 80.2 Å². The van der Waals surface area contributed by atoms with Gasteiger partial charge in [-0.15, -0.1) is 0 Å². The third kappa shape index (κ3) is 58.8. The van der Waals surface area contributed by atoms with Crippen molar-refractivity contribution in [3.8, 4) is 0 Å². The number of carbonyl (C=O) groups excluding carboxylic acids is 4. The van der Waals surface area contributed by atoms with Crippen LogP contribution in [0.15, 0.2) is 0 Å². The lowest BCUT2D eigenvalue weighted by molar-refractivity contribution is -0.161. The molecule has 0 aliphatic carbocycles. The summed E-state index contributed by atoms with van der Waals surface area (Å²) in [6, 6.07) is 0. The van der Waals surface area contributed by atoms with Crippen molar-refractivity contribution in [1.29, 1.82) is 0 Å². The maximum absolute atomic E-state index is 13.0. The first-order chi connectivity index (χ1) is 40.0. The molecule has 0 amide bonds. The standard InChI is InChI=1S/C64H124O17P2/c1-6-9-12-15-18-21-22-23-24-25-26-27-28-35-40-45-50-64(69)81-60(54-75-62(67)48-43-38-34-30-29-31-36-41-46-57(4)5)56-79-83(72,73)77-52-58(65)51-76-82(70,71)78-55-59(80-63(68)49-44-39-33-20-17-14-11-8-3)53-74-61(66)47-42-37-32-19-16-13-10-7-2/h57-60,65H,6-56H2,1-5H3,(H,70,71)(H,72,73)/t58-,59+,60+/m0/s1. The highest BCUT2D eigenvalue weighted by molar-refractivity contribution is 7.47. The van der Waals surface area contributed by atoms with E-state index in [2.05, 4.69) is 34.6 Å². The Kier molecular flexibility index (Phi) is 56.4. The Hall–Kier alpha value is -1.94. The number of ether oxygens (including phenoxy) is 4. The fraction of sp³-hybridized carbons (Fsp3) is 0.938. The number of phosphoric acid groups is 2. The van der Waals surface area contributed by atoms with Crippen molar-refractivity contribution in [2.24, 2.45) is 5.92 Å².